The molecule has 0 fully saturated rings. The van der Waals surface area contributed by atoms with Crippen molar-refractivity contribution in [1.29, 1.82) is 5.41 Å². The molecule has 29 nitrogen and oxygen atoms in total. The molecule has 0 saturated heterocycles. The van der Waals surface area contributed by atoms with Crippen LogP contribution in [0, 0.1) is 23.2 Å². The summed E-state index contributed by atoms with van der Waals surface area (Å²) in [6.45, 7) is 29.3. The summed E-state index contributed by atoms with van der Waals surface area (Å²) in [5, 5.41) is 47.5. The van der Waals surface area contributed by atoms with Crippen LogP contribution in [0.1, 0.15) is 141 Å². The monoisotopic (exact) mass is 1950 g/mol. The number of hydrogen-bond donors (Lipinski definition) is 4. The number of carbonyl (C=O) groups excluding carboxylic acids is 2. The van der Waals surface area contributed by atoms with Crippen LogP contribution in [0.3, 0.4) is 0 Å². The van der Waals surface area contributed by atoms with E-state index < -0.39 is 11.6 Å². The van der Waals surface area contributed by atoms with Gasteiger partial charge in [0.05, 0.1) is 11.4 Å². The van der Waals surface area contributed by atoms with Crippen LogP contribution in [0.5, 0.6) is 0 Å². The number of aliphatic imine (C=N–C) groups is 2. The summed E-state index contributed by atoms with van der Waals surface area (Å²) in [5.74, 6) is 7.52. The fraction of sp³-hybridized carbons (Fsp3) is 0.253. The third-order valence-electron chi connectivity index (χ3n) is 14.7. The smallest absolute Gasteiger partial charge is 0.131 e. The van der Waals surface area contributed by atoms with Crippen LogP contribution in [-0.4, -0.2) is 127 Å². The first-order valence-electron chi connectivity index (χ1n) is 38.0. The van der Waals surface area contributed by atoms with Crippen LogP contribution in [-0.2, 0) is 9.59 Å². The molecule has 13 rings (SSSR count). The Bertz CT molecular complexity index is 5360. The van der Waals surface area contributed by atoms with Gasteiger partial charge in [-0.2, -0.15) is 14.0 Å². The Morgan fingerprint density at radius 2 is 0.752 bits per heavy atom. The molecule has 0 radical (unpaired) electrons. The van der Waals surface area contributed by atoms with Gasteiger partial charge >= 0.3 is 59.6 Å². The molecule has 1 amide bonds. The van der Waals surface area contributed by atoms with Crippen LogP contribution >= 0.6 is 129 Å². The Kier molecular flexibility index (Phi) is 46.9. The minimum absolute atomic E-state index is 0.0216. The maximum atomic E-state index is 11.2. The SMILES string of the molecule is CC(C)C(=O)Cl.CC(C)C(=O)Nc1cccc(Cl)n1.CC(C)C(Cl)=Nc1cccc(Cl)n1.CC(C)c1nnnn1-c1cccc(Cl)n1.CC(C)c1nnnn1-c1cccc(N)n1.CC(C)c1nnnn1-c1cccc(N=C(c2ccccc2)c2ccccc2)n1.C[Si](C)(C)N=[N+]=[N-].ClP(Cl)(Cl)(Cl)Cl.N=C(c1ccccc1)c1ccccc1.Nc1cccc(Cl)n1. The van der Waals surface area contributed by atoms with E-state index in [0.29, 0.717) is 78.0 Å². The van der Waals surface area contributed by atoms with Crippen LogP contribution in [0.4, 0.5) is 29.1 Å². The molecule has 0 spiro atoms. The number of amides is 1. The van der Waals surface area contributed by atoms with E-state index in [1.54, 1.807) is 94.6 Å². The first kappa shape index (κ1) is 107. The molecule has 0 atom stereocenters. The van der Waals surface area contributed by atoms with Gasteiger partial charge in [0.25, 0.3) is 0 Å². The fourth-order valence-corrected chi connectivity index (χ4v) is 9.81. The second kappa shape index (κ2) is 54.7. The van der Waals surface area contributed by atoms with Gasteiger partial charge in [0.15, 0.2) is 46.6 Å². The predicted molar refractivity (Wildman–Crippen MR) is 517 cm³/mol. The molecule has 0 aliphatic rings. The number of nitrogens with two attached hydrogens (primary N) is 2. The molecule has 0 bridgehead atoms. The van der Waals surface area contributed by atoms with Gasteiger partial charge in [-0.05, 0) is 137 Å². The second-order valence-electron chi connectivity index (χ2n) is 28.4. The van der Waals surface area contributed by atoms with Crippen LogP contribution < -0.4 is 16.8 Å². The number of rotatable bonds is 17. The zero-order valence-corrected chi connectivity index (χ0v) is 81.0. The van der Waals surface area contributed by atoms with Gasteiger partial charge < -0.3 is 16.8 Å². The largest absolute Gasteiger partial charge is 0.384 e. The fourth-order valence-electron chi connectivity index (χ4n) is 8.80. The zero-order valence-electron chi connectivity index (χ0n) is 70.8. The van der Waals surface area contributed by atoms with Crippen LogP contribution in [0.15, 0.2) is 245 Å². The van der Waals surface area contributed by atoms with Crippen molar-refractivity contribution in [3.8, 4) is 17.5 Å². The Morgan fingerprint density at radius 3 is 1.07 bits per heavy atom. The number of aromatic nitrogens is 18. The van der Waals surface area contributed by atoms with Crippen molar-refractivity contribution in [2.45, 2.75) is 120 Å². The van der Waals surface area contributed by atoms with E-state index >= 15 is 0 Å². The summed E-state index contributed by atoms with van der Waals surface area (Å²) >= 11 is 58.3. The van der Waals surface area contributed by atoms with E-state index in [9.17, 15) is 9.59 Å². The van der Waals surface area contributed by atoms with E-state index in [1.807, 2.05) is 253 Å². The van der Waals surface area contributed by atoms with Crippen molar-refractivity contribution in [3.63, 3.8) is 0 Å². The number of tetrazole rings is 3. The third-order valence-corrected chi connectivity index (χ3v) is 17.2. The van der Waals surface area contributed by atoms with Gasteiger partial charge in [-0.25, -0.2) is 39.9 Å². The maximum absolute atomic E-state index is 11.2. The second-order valence-corrected chi connectivity index (χ2v) is 51.9. The molecule has 660 valence electrons. The van der Waals surface area contributed by atoms with Gasteiger partial charge in [0, 0.05) is 46.6 Å². The Balaban J connectivity index is 0.000000302. The Hall–Kier alpha value is -10.1. The summed E-state index contributed by atoms with van der Waals surface area (Å²) in [6, 6.07) is 71.6. The molecule has 0 aliphatic carbocycles. The first-order chi connectivity index (χ1) is 58.9. The van der Waals surface area contributed by atoms with E-state index in [0.717, 1.165) is 45.4 Å². The van der Waals surface area contributed by atoms with Crippen molar-refractivity contribution in [2.75, 3.05) is 16.8 Å². The van der Waals surface area contributed by atoms with E-state index in [2.05, 4.69) is 96.5 Å². The quantitative estimate of drug-likeness (QED) is 0.00961. The molecule has 9 aromatic heterocycles. The van der Waals surface area contributed by atoms with Crippen molar-refractivity contribution in [1.82, 2.24) is 90.5 Å². The van der Waals surface area contributed by atoms with Crippen LogP contribution in [0.2, 0.25) is 40.3 Å². The number of pyridine rings is 6. The van der Waals surface area contributed by atoms with E-state index in [-0.39, 0.29) is 46.7 Å². The molecule has 125 heavy (non-hydrogen) atoms. The standard InChI is InChI=1S/C22H20N6.C13H11N.C9H10Cl2N2.C9H10ClN5.C9H11ClN2O.C9H12N6.C5H5ClN2.C4H7ClO.C3H9N3Si.Cl5P/c1-16(2)22-25-26-27-28(22)20-15-9-14-19(23-20)24-21(17-10-5-3-6-11-17)18-12-7-4-8-13-18;14-13(11-7-3-1-4-8-11)12-9-5-2-6-10-12;1-6(2)9(11)13-8-5-3-4-7(10)12-8;1-6(2)9-12-13-14-15(9)8-5-3-4-7(10)11-8;1-6(2)9(13)12-8-5-3-4-7(10)11-8;1-6(2)9-12-13-14-15(9)8-5-3-4-7(10)11-8;6-4-2-1-3-5(7)8-4;1-3(2)4(5)6;1-7(2,3)6-5-4;1-6(2,3,4)5/h3-16H,1-2H3;1-10,14H;3-6H,1-2H3;3-6H,1-2H3;3-6H,1-2H3,(H,11,12,13);3-6H,1-2H3,(H2,10,11);1-3H,(H2,7,8);3H,1-2H3;1-3H3;. The van der Waals surface area contributed by atoms with Crippen LogP contribution in [0.25, 0.3) is 27.9 Å². The molecule has 6 N–H and O–H groups in total. The average Bonchev–Trinajstić information content (AvgIpc) is 1.81. The van der Waals surface area contributed by atoms with Gasteiger partial charge in [-0.15, -0.1) is 20.1 Å². The number of azide groups is 1. The summed E-state index contributed by atoms with van der Waals surface area (Å²) in [5.41, 5.74) is 24.2. The minimum Gasteiger partial charge on any atom is -0.384 e. The number of benzene rings is 4. The number of hydrogen-bond acceptors (Lipinski definition) is 23. The number of halogens is 11. The van der Waals surface area contributed by atoms with E-state index in [4.69, 9.17) is 153 Å². The summed E-state index contributed by atoms with van der Waals surface area (Å²) in [7, 11) is -1.45. The molecular weight excluding hydrogens is 1860 g/mol. The molecule has 0 unspecified atom stereocenters. The molecule has 13 aromatic rings. The zero-order chi connectivity index (χ0) is 93.0. The molecular formula is C83H95Cl11N27O2PSi. The maximum Gasteiger partial charge on any atom is 0.131 e. The minimum atomic E-state index is -3.69. The van der Waals surface area contributed by atoms with Gasteiger partial charge in [0.2, 0.25) is 11.1 Å². The van der Waals surface area contributed by atoms with Crippen molar-refractivity contribution >= 4 is 194 Å². The molecule has 4 aromatic carbocycles. The summed E-state index contributed by atoms with van der Waals surface area (Å²) in [4.78, 5) is 57.4. The van der Waals surface area contributed by atoms with E-state index in [1.165, 1.54) is 0 Å². The normalized spacial score (nSPS) is 11.0. The van der Waals surface area contributed by atoms with Gasteiger partial charge in [-0.1, -0.05) is 318 Å². The Morgan fingerprint density at radius 1 is 0.424 bits per heavy atom. The predicted octanol–water partition coefficient (Wildman–Crippen LogP) is 25.2. The third kappa shape index (κ3) is 44.1. The molecule has 9 heterocycles. The summed E-state index contributed by atoms with van der Waals surface area (Å²) in [6.07, 6.45) is 0. The van der Waals surface area contributed by atoms with Crippen molar-refractivity contribution in [3.05, 3.63) is 301 Å². The van der Waals surface area contributed by atoms with Gasteiger partial charge in [-0.3, -0.25) is 15.0 Å². The number of nitrogens with zero attached hydrogens (tertiary/aromatic N) is 23. The molecule has 42 heteroatoms. The topological polar surface area (TPSA) is 404 Å². The Labute approximate surface area is 782 Å². The van der Waals surface area contributed by atoms with Crippen molar-refractivity contribution < 1.29 is 9.59 Å². The molecule has 0 saturated carbocycles. The number of nitrogen functional groups attached to an aromatic ring is 2. The van der Waals surface area contributed by atoms with Crippen molar-refractivity contribution in [2.24, 2.45) is 32.5 Å². The molecule has 0 aliphatic heterocycles. The first-order valence-corrected chi connectivity index (χ1v) is 50.5. The average molecular weight is 1950 g/mol. The summed E-state index contributed by atoms with van der Waals surface area (Å²) < 4.78 is 4.74. The number of carbonyl (C=O) groups is 2. The number of anilines is 3. The number of nitrogens with one attached hydrogen (secondary N) is 2. The van der Waals surface area contributed by atoms with Gasteiger partial charge in [0.1, 0.15) is 51.5 Å².